The average Bonchev–Trinajstić information content (AvgIpc) is 3.50. The van der Waals surface area contributed by atoms with Crippen LogP contribution in [0.4, 0.5) is 10.1 Å². The molecule has 60 heavy (non-hydrogen) atoms. The molecule has 1 saturated carbocycles. The smallest absolute Gasteiger partial charge is 0.329 e. The highest BCUT2D eigenvalue weighted by molar-refractivity contribution is 7.10. The second kappa shape index (κ2) is 16.6. The molecular formula is C45H57FN8O5S. The minimum absolute atomic E-state index is 0.0259. The molecule has 1 saturated heterocycles. The number of rotatable bonds is 7. The van der Waals surface area contributed by atoms with Crippen molar-refractivity contribution in [1.29, 1.82) is 0 Å². The van der Waals surface area contributed by atoms with Crippen molar-refractivity contribution in [2.75, 3.05) is 58.4 Å². The Morgan fingerprint density at radius 2 is 1.90 bits per heavy atom. The Labute approximate surface area is 355 Å². The van der Waals surface area contributed by atoms with Crippen LogP contribution in [0.15, 0.2) is 47.7 Å². The van der Waals surface area contributed by atoms with E-state index in [4.69, 9.17) is 19.4 Å². The van der Waals surface area contributed by atoms with Gasteiger partial charge in [-0.1, -0.05) is 33.8 Å². The lowest BCUT2D eigenvalue weighted by Gasteiger charge is -2.34. The number of carbonyl (C=O) groups is 3. The predicted molar refractivity (Wildman–Crippen MR) is 231 cm³/mol. The second-order valence-corrected chi connectivity index (χ2v) is 18.8. The molecule has 4 aromatic rings. The first-order valence-corrected chi connectivity index (χ1v) is 22.0. The summed E-state index contributed by atoms with van der Waals surface area (Å²) in [6.07, 6.45) is 3.44. The van der Waals surface area contributed by atoms with Crippen LogP contribution in [-0.4, -0.2) is 108 Å². The van der Waals surface area contributed by atoms with Gasteiger partial charge in [0.2, 0.25) is 5.91 Å². The van der Waals surface area contributed by atoms with Gasteiger partial charge in [-0.25, -0.2) is 19.6 Å². The Kier molecular flexibility index (Phi) is 11.6. The number of methoxy groups -OCH3 is 1. The summed E-state index contributed by atoms with van der Waals surface area (Å²) in [5, 5.41) is 7.71. The van der Waals surface area contributed by atoms with E-state index < -0.39 is 41.7 Å². The number of hydrogen-bond acceptors (Lipinski definition) is 11. The first-order chi connectivity index (χ1) is 28.7. The quantitative estimate of drug-likeness (QED) is 0.216. The maximum absolute atomic E-state index is 15.3. The topological polar surface area (TPSA) is 134 Å². The fourth-order valence-corrected chi connectivity index (χ4v) is 9.87. The van der Waals surface area contributed by atoms with E-state index in [1.807, 2.05) is 32.3 Å². The summed E-state index contributed by atoms with van der Waals surface area (Å²) in [4.78, 5) is 56.2. The number of aryl methyl sites for hydroxylation is 1. The van der Waals surface area contributed by atoms with E-state index in [2.05, 4.69) is 77.2 Å². The molecule has 3 aromatic heterocycles. The van der Waals surface area contributed by atoms with E-state index in [9.17, 15) is 14.4 Å². The van der Waals surface area contributed by atoms with Crippen LogP contribution >= 0.6 is 11.3 Å². The Balaban J connectivity index is 1.27. The number of nitrogens with one attached hydrogen (secondary N) is 2. The highest BCUT2D eigenvalue weighted by atomic mass is 32.1. The van der Waals surface area contributed by atoms with Gasteiger partial charge >= 0.3 is 5.97 Å². The predicted octanol–water partition coefficient (Wildman–Crippen LogP) is 5.93. The molecule has 6 atom stereocenters. The number of hydrazine groups is 1. The van der Waals surface area contributed by atoms with Gasteiger partial charge in [0.25, 0.3) is 5.91 Å². The highest BCUT2D eigenvalue weighted by Crippen LogP contribution is 2.46. The zero-order chi connectivity index (χ0) is 42.6. The molecule has 8 rings (SSSR count). The number of esters is 1. The summed E-state index contributed by atoms with van der Waals surface area (Å²) in [5.74, 6) is -1.97. The van der Waals surface area contributed by atoms with Gasteiger partial charge in [0.15, 0.2) is 0 Å². The molecule has 1 aromatic carbocycles. The van der Waals surface area contributed by atoms with Gasteiger partial charge in [0.05, 0.1) is 53.2 Å². The number of piperazine rings is 1. The second-order valence-electron chi connectivity index (χ2n) is 17.8. The van der Waals surface area contributed by atoms with E-state index in [0.29, 0.717) is 18.0 Å². The van der Waals surface area contributed by atoms with Crippen LogP contribution in [0.5, 0.6) is 0 Å². The number of anilines is 1. The fraction of sp³-hybridized carbons (Fsp3) is 0.533. The molecule has 6 heterocycles. The number of aromatic nitrogens is 3. The Hall–Kier alpha value is -4.70. The molecule has 4 aliphatic rings. The van der Waals surface area contributed by atoms with Gasteiger partial charge in [0, 0.05) is 85.0 Å². The van der Waals surface area contributed by atoms with Gasteiger partial charge in [-0.3, -0.25) is 19.6 Å². The molecule has 320 valence electrons. The standard InChI is InChI=1S/C45H57FN8O5S/c1-9-53-37-11-10-28-16-31(37)33(41(53)32-18-30(21-47-40(32)27(4)58-8)52-14-12-51(7)13-15-52)20-45(5,6)24-59-44(57)35-17-29(46)22-54(50-35)43(56)34(19-38-48-36(28)23-60-38)49-42(55)39-25(2)26(39)3/h10-11,16-18,21,23,25-27,34-35,39,50H,9,12-15,19-20,22,24H2,1-8H3,(H,49,55)/t25-,26+,27-,34-,35-,39?/m0/s1. The van der Waals surface area contributed by atoms with Crippen molar-refractivity contribution in [2.24, 2.45) is 23.2 Å². The number of carbonyl (C=O) groups excluding carboxylic acids is 3. The van der Waals surface area contributed by atoms with Crippen molar-refractivity contribution in [3.05, 3.63) is 64.0 Å². The monoisotopic (exact) mass is 840 g/mol. The van der Waals surface area contributed by atoms with Crippen LogP contribution in [0.25, 0.3) is 33.4 Å². The molecule has 1 unspecified atom stereocenters. The third-order valence-corrected chi connectivity index (χ3v) is 13.8. The largest absolute Gasteiger partial charge is 0.464 e. The van der Waals surface area contributed by atoms with Crippen molar-refractivity contribution in [1.82, 2.24) is 35.2 Å². The summed E-state index contributed by atoms with van der Waals surface area (Å²) >= 11 is 1.41. The lowest BCUT2D eigenvalue weighted by Crippen LogP contribution is -2.60. The fourth-order valence-electron chi connectivity index (χ4n) is 9.02. The van der Waals surface area contributed by atoms with Gasteiger partial charge in [-0.15, -0.1) is 11.3 Å². The summed E-state index contributed by atoms with van der Waals surface area (Å²) in [5.41, 5.74) is 10.0. The molecule has 2 N–H and O–H groups in total. The van der Waals surface area contributed by atoms with Crippen LogP contribution in [0.1, 0.15) is 63.9 Å². The molecule has 0 radical (unpaired) electrons. The average molecular weight is 841 g/mol. The zero-order valence-corrected chi connectivity index (χ0v) is 36.7. The lowest BCUT2D eigenvalue weighted by atomic mass is 9.84. The molecule has 0 spiro atoms. The number of likely N-dealkylation sites (N-methyl/N-ethyl adjacent to an activating group) is 1. The van der Waals surface area contributed by atoms with Gasteiger partial charge < -0.3 is 29.2 Å². The van der Waals surface area contributed by atoms with Crippen LogP contribution < -0.4 is 15.6 Å². The van der Waals surface area contributed by atoms with Gasteiger partial charge in [0.1, 0.15) is 17.9 Å². The number of ether oxygens (including phenoxy) is 2. The van der Waals surface area contributed by atoms with Crippen LogP contribution in [0, 0.1) is 23.2 Å². The van der Waals surface area contributed by atoms with Crippen LogP contribution in [0.2, 0.25) is 0 Å². The maximum atomic E-state index is 15.3. The van der Waals surface area contributed by atoms with Gasteiger partial charge in [-0.2, -0.15) is 0 Å². The third kappa shape index (κ3) is 8.20. The minimum atomic E-state index is -1.25. The van der Waals surface area contributed by atoms with E-state index in [1.165, 1.54) is 11.3 Å². The summed E-state index contributed by atoms with van der Waals surface area (Å²) < 4.78 is 29.6. The van der Waals surface area contributed by atoms with Crippen LogP contribution in [-0.2, 0) is 43.2 Å². The molecule has 3 aliphatic heterocycles. The van der Waals surface area contributed by atoms with E-state index >= 15 is 4.39 Å². The Bertz CT molecular complexity index is 2320. The first kappa shape index (κ1) is 42.0. The third-order valence-electron chi connectivity index (χ3n) is 12.9. The number of hydrogen-bond donors (Lipinski definition) is 2. The summed E-state index contributed by atoms with van der Waals surface area (Å²) in [6, 6.07) is 6.39. The van der Waals surface area contributed by atoms with Crippen molar-refractivity contribution >= 4 is 45.7 Å². The Morgan fingerprint density at radius 3 is 2.60 bits per heavy atom. The molecule has 13 nitrogen and oxygen atoms in total. The SMILES string of the molecule is CCn1c(-c2cc(N3CCN(C)CC3)cnc2[C@H](C)OC)c2c3cc(ccc31)-c1csc(n1)C[C@H](NC(=O)C1[C@@H](C)[C@H]1C)C(=O)N1CC(F)=C[C@H](N1)C(=O)OCC(C)(C)C2. The van der Waals surface area contributed by atoms with E-state index in [-0.39, 0.29) is 42.8 Å². The van der Waals surface area contributed by atoms with E-state index in [1.54, 1.807) is 7.11 Å². The lowest BCUT2D eigenvalue weighted by molar-refractivity contribution is -0.152. The number of nitrogens with zero attached hydrogens (tertiary/aromatic N) is 6. The van der Waals surface area contributed by atoms with Crippen molar-refractivity contribution < 1.29 is 28.2 Å². The summed E-state index contributed by atoms with van der Waals surface area (Å²) in [6.45, 7) is 16.3. The molecule has 15 heteroatoms. The van der Waals surface area contributed by atoms with Gasteiger partial charge in [-0.05, 0) is 69.0 Å². The normalized spacial score (nSPS) is 25.4. The molecule has 2 amide bonds. The number of halogens is 1. The minimum Gasteiger partial charge on any atom is -0.464 e. The number of pyridine rings is 1. The van der Waals surface area contributed by atoms with Crippen molar-refractivity contribution in [3.63, 3.8) is 0 Å². The van der Waals surface area contributed by atoms with Crippen LogP contribution in [0.3, 0.4) is 0 Å². The number of thiazole rings is 1. The Morgan fingerprint density at radius 1 is 1.15 bits per heavy atom. The zero-order valence-electron chi connectivity index (χ0n) is 35.9. The van der Waals surface area contributed by atoms with Crippen molar-refractivity contribution in [3.8, 4) is 22.5 Å². The first-order valence-electron chi connectivity index (χ1n) is 21.1. The number of fused-ring (bicyclic) bond motifs is 6. The highest BCUT2D eigenvalue weighted by Gasteiger charge is 2.49. The number of benzene rings is 1. The molecule has 2 fully saturated rings. The summed E-state index contributed by atoms with van der Waals surface area (Å²) in [7, 11) is 3.85. The number of cyclic esters (lactones) is 1. The van der Waals surface area contributed by atoms with Crippen molar-refractivity contribution in [2.45, 2.75) is 79.1 Å². The molecule has 6 bridgehead atoms. The molecule has 1 aliphatic carbocycles. The molecular weight excluding hydrogens is 784 g/mol. The maximum Gasteiger partial charge on any atom is 0.329 e. The number of amides is 2. The van der Waals surface area contributed by atoms with E-state index in [0.717, 1.165) is 87.6 Å².